The molecule has 88 valence electrons. The number of ketones is 1. The van der Waals surface area contributed by atoms with Crippen LogP contribution in [0.15, 0.2) is 22.7 Å². The van der Waals surface area contributed by atoms with Gasteiger partial charge >= 0.3 is 0 Å². The van der Waals surface area contributed by atoms with Gasteiger partial charge in [0.25, 0.3) is 0 Å². The fraction of sp³-hybridized carbons (Fsp3) is 0.417. The largest absolute Gasteiger partial charge is 0.368 e. The monoisotopic (exact) mass is 288 g/mol. The van der Waals surface area contributed by atoms with Gasteiger partial charge in [-0.1, -0.05) is 6.07 Å². The molecular formula is C12H14BrFO2. The van der Waals surface area contributed by atoms with Gasteiger partial charge in [-0.3, -0.25) is 4.79 Å². The fourth-order valence-electron chi connectivity index (χ4n) is 1.43. The Morgan fingerprint density at radius 3 is 2.69 bits per heavy atom. The minimum Gasteiger partial charge on any atom is -0.368 e. The Morgan fingerprint density at radius 1 is 1.50 bits per heavy atom. The van der Waals surface area contributed by atoms with Crippen LogP contribution in [0.25, 0.3) is 0 Å². The van der Waals surface area contributed by atoms with Crippen LogP contribution in [0.4, 0.5) is 4.39 Å². The van der Waals surface area contributed by atoms with Gasteiger partial charge in [-0.25, -0.2) is 4.39 Å². The molecule has 0 spiro atoms. The molecule has 0 amide bonds. The van der Waals surface area contributed by atoms with Crippen molar-refractivity contribution in [3.05, 3.63) is 34.1 Å². The number of benzene rings is 1. The summed E-state index contributed by atoms with van der Waals surface area (Å²) in [7, 11) is 0. The minimum absolute atomic E-state index is 0.0489. The minimum atomic E-state index is -1.00. The molecule has 1 aromatic carbocycles. The molecule has 0 aliphatic heterocycles. The number of carbonyl (C=O) groups excluding carboxylic acids is 1. The van der Waals surface area contributed by atoms with E-state index in [1.54, 1.807) is 32.9 Å². The normalized spacial score (nSPS) is 11.6. The summed E-state index contributed by atoms with van der Waals surface area (Å²) in [6, 6.07) is 4.64. The van der Waals surface area contributed by atoms with Crippen LogP contribution in [-0.4, -0.2) is 18.0 Å². The first-order chi connectivity index (χ1) is 7.40. The maximum Gasteiger partial charge on any atom is 0.197 e. The molecule has 0 atom stereocenters. The lowest BCUT2D eigenvalue weighted by molar-refractivity contribution is 0.000943. The van der Waals surface area contributed by atoms with Gasteiger partial charge in [0.1, 0.15) is 11.4 Å². The zero-order valence-corrected chi connectivity index (χ0v) is 11.1. The molecule has 0 saturated carbocycles. The quantitative estimate of drug-likeness (QED) is 0.792. The van der Waals surface area contributed by atoms with Crippen LogP contribution in [0, 0.1) is 5.82 Å². The summed E-state index contributed by atoms with van der Waals surface area (Å²) in [5, 5.41) is 0. The lowest BCUT2D eigenvalue weighted by Crippen LogP contribution is -2.35. The Morgan fingerprint density at radius 2 is 2.12 bits per heavy atom. The first-order valence-electron chi connectivity index (χ1n) is 5.03. The molecular weight excluding hydrogens is 275 g/mol. The molecule has 0 aliphatic rings. The summed E-state index contributed by atoms with van der Waals surface area (Å²) in [6.45, 7) is 5.49. The fourth-order valence-corrected chi connectivity index (χ4v) is 1.80. The van der Waals surface area contributed by atoms with Crippen molar-refractivity contribution in [3.63, 3.8) is 0 Å². The van der Waals surface area contributed by atoms with E-state index in [1.165, 1.54) is 6.07 Å². The van der Waals surface area contributed by atoms with Crippen molar-refractivity contribution in [2.75, 3.05) is 6.61 Å². The Bertz CT molecular complexity index is 402. The van der Waals surface area contributed by atoms with Gasteiger partial charge in [0, 0.05) is 6.61 Å². The Hall–Kier alpha value is -0.740. The third kappa shape index (κ3) is 2.68. The average Bonchev–Trinajstić information content (AvgIpc) is 2.21. The zero-order chi connectivity index (χ0) is 12.3. The summed E-state index contributed by atoms with van der Waals surface area (Å²) in [5.74, 6) is -0.895. The Kier molecular flexibility index (Phi) is 4.21. The van der Waals surface area contributed by atoms with Crippen molar-refractivity contribution < 1.29 is 13.9 Å². The topological polar surface area (TPSA) is 26.3 Å². The highest BCUT2D eigenvalue weighted by atomic mass is 79.9. The first kappa shape index (κ1) is 13.3. The SMILES string of the molecule is CCOC(C)(C)C(=O)c1cccc(Br)c1F. The molecule has 0 unspecified atom stereocenters. The summed E-state index contributed by atoms with van der Waals surface area (Å²) in [4.78, 5) is 12.0. The van der Waals surface area contributed by atoms with Crippen molar-refractivity contribution in [1.82, 2.24) is 0 Å². The van der Waals surface area contributed by atoms with Gasteiger partial charge in [-0.05, 0) is 48.8 Å². The van der Waals surface area contributed by atoms with Crippen LogP contribution in [0.1, 0.15) is 31.1 Å². The molecule has 0 fully saturated rings. The van der Waals surface area contributed by atoms with E-state index < -0.39 is 11.4 Å². The van der Waals surface area contributed by atoms with E-state index in [-0.39, 0.29) is 15.8 Å². The third-order valence-corrected chi connectivity index (χ3v) is 2.86. The van der Waals surface area contributed by atoms with Crippen molar-refractivity contribution in [3.8, 4) is 0 Å². The summed E-state index contributed by atoms with van der Waals surface area (Å²) >= 11 is 3.05. The molecule has 16 heavy (non-hydrogen) atoms. The second kappa shape index (κ2) is 5.06. The second-order valence-electron chi connectivity index (χ2n) is 3.87. The summed E-state index contributed by atoms with van der Waals surface area (Å²) in [5.41, 5.74) is -0.955. The molecule has 0 heterocycles. The molecule has 4 heteroatoms. The van der Waals surface area contributed by atoms with E-state index in [1.807, 2.05) is 0 Å². The number of rotatable bonds is 4. The van der Waals surface area contributed by atoms with Crippen molar-refractivity contribution in [2.45, 2.75) is 26.4 Å². The molecule has 0 saturated heterocycles. The zero-order valence-electron chi connectivity index (χ0n) is 9.51. The molecule has 0 radical (unpaired) electrons. The molecule has 2 nitrogen and oxygen atoms in total. The van der Waals surface area contributed by atoms with E-state index in [4.69, 9.17) is 4.74 Å². The first-order valence-corrected chi connectivity index (χ1v) is 5.82. The predicted octanol–water partition coefficient (Wildman–Crippen LogP) is 3.59. The molecule has 1 aromatic rings. The number of Topliss-reactive ketones (excluding diaryl/α,β-unsaturated/α-hetero) is 1. The van der Waals surface area contributed by atoms with Crippen LogP contribution >= 0.6 is 15.9 Å². The molecule has 0 aromatic heterocycles. The van der Waals surface area contributed by atoms with Gasteiger partial charge in [0.2, 0.25) is 0 Å². The van der Waals surface area contributed by atoms with Gasteiger partial charge in [0.15, 0.2) is 5.78 Å². The van der Waals surface area contributed by atoms with Gasteiger partial charge in [0.05, 0.1) is 10.0 Å². The van der Waals surface area contributed by atoms with E-state index >= 15 is 0 Å². The van der Waals surface area contributed by atoms with Gasteiger partial charge in [-0.2, -0.15) is 0 Å². The number of ether oxygens (including phenoxy) is 1. The smallest absolute Gasteiger partial charge is 0.197 e. The van der Waals surface area contributed by atoms with Crippen LogP contribution in [0.3, 0.4) is 0 Å². The summed E-state index contributed by atoms with van der Waals surface area (Å²) < 4.78 is 19.3. The summed E-state index contributed by atoms with van der Waals surface area (Å²) in [6.07, 6.45) is 0. The van der Waals surface area contributed by atoms with E-state index in [0.29, 0.717) is 6.61 Å². The Balaban J connectivity index is 3.10. The average molecular weight is 289 g/mol. The third-order valence-electron chi connectivity index (χ3n) is 2.25. The van der Waals surface area contributed by atoms with E-state index in [9.17, 15) is 9.18 Å². The highest BCUT2D eigenvalue weighted by Crippen LogP contribution is 2.24. The number of hydrogen-bond donors (Lipinski definition) is 0. The standard InChI is InChI=1S/C12H14BrFO2/c1-4-16-12(2,3)11(15)8-6-5-7-9(13)10(8)14/h5-7H,4H2,1-3H3. The van der Waals surface area contributed by atoms with Crippen molar-refractivity contribution in [1.29, 1.82) is 0 Å². The number of hydrogen-bond acceptors (Lipinski definition) is 2. The lowest BCUT2D eigenvalue weighted by atomic mass is 9.96. The highest BCUT2D eigenvalue weighted by molar-refractivity contribution is 9.10. The van der Waals surface area contributed by atoms with E-state index in [2.05, 4.69) is 15.9 Å². The van der Waals surface area contributed by atoms with Crippen molar-refractivity contribution >= 4 is 21.7 Å². The van der Waals surface area contributed by atoms with Crippen LogP contribution in [-0.2, 0) is 4.74 Å². The predicted molar refractivity (Wildman–Crippen MR) is 64.1 cm³/mol. The highest BCUT2D eigenvalue weighted by Gasteiger charge is 2.31. The van der Waals surface area contributed by atoms with Gasteiger partial charge in [-0.15, -0.1) is 0 Å². The maximum absolute atomic E-state index is 13.7. The van der Waals surface area contributed by atoms with Crippen LogP contribution in [0.2, 0.25) is 0 Å². The molecule has 1 rings (SSSR count). The van der Waals surface area contributed by atoms with Crippen LogP contribution in [0.5, 0.6) is 0 Å². The molecule has 0 bridgehead atoms. The Labute approximate surface area is 103 Å². The number of carbonyl (C=O) groups is 1. The molecule has 0 N–H and O–H groups in total. The maximum atomic E-state index is 13.7. The molecule has 0 aliphatic carbocycles. The van der Waals surface area contributed by atoms with Crippen molar-refractivity contribution in [2.24, 2.45) is 0 Å². The number of halogens is 2. The van der Waals surface area contributed by atoms with Gasteiger partial charge < -0.3 is 4.74 Å². The lowest BCUT2D eigenvalue weighted by Gasteiger charge is -2.23. The van der Waals surface area contributed by atoms with Crippen LogP contribution < -0.4 is 0 Å². The second-order valence-corrected chi connectivity index (χ2v) is 4.73. The van der Waals surface area contributed by atoms with E-state index in [0.717, 1.165) is 0 Å².